The molecule has 0 amide bonds. The number of halogens is 3. The Hall–Kier alpha value is -0.890. The first-order valence-electron chi connectivity index (χ1n) is 5.92. The van der Waals surface area contributed by atoms with Crippen molar-refractivity contribution in [2.75, 3.05) is 25.0 Å². The van der Waals surface area contributed by atoms with Crippen LogP contribution in [-0.4, -0.2) is 39.9 Å². The Kier molecular flexibility index (Phi) is 2.93. The molecule has 3 fully saturated rings. The van der Waals surface area contributed by atoms with Gasteiger partial charge in [0.2, 0.25) is 11.0 Å². The van der Waals surface area contributed by atoms with Gasteiger partial charge in [-0.15, -0.1) is 0 Å². The molecule has 0 aliphatic carbocycles. The van der Waals surface area contributed by atoms with Gasteiger partial charge in [0.15, 0.2) is 0 Å². The third-order valence-electron chi connectivity index (χ3n) is 3.64. The Bertz CT molecular complexity index is 425. The highest BCUT2D eigenvalue weighted by Gasteiger charge is 2.38. The fraction of sp³-hybridized carbons (Fsp3) is 0.800. The molecule has 3 aliphatic rings. The quantitative estimate of drug-likeness (QED) is 0.899. The zero-order chi connectivity index (χ0) is 12.8. The molecule has 3 saturated heterocycles. The maximum Gasteiger partial charge on any atom is 0.452 e. The van der Waals surface area contributed by atoms with Gasteiger partial charge in [-0.3, -0.25) is 0 Å². The summed E-state index contributed by atoms with van der Waals surface area (Å²) in [6.07, 6.45) is -2.23. The lowest BCUT2D eigenvalue weighted by atomic mass is 9.84. The smallest absolute Gasteiger partial charge is 0.356 e. The minimum Gasteiger partial charge on any atom is -0.356 e. The standard InChI is InChI=1S/C10H13F3N4S/c11-10(12,13)8-15-9(18-16-8)14-7-5-17-3-1-6(7)2-4-17/h6-7H,1-5H2,(H,14,15,16). The minimum absolute atomic E-state index is 0.210. The molecule has 100 valence electrons. The Morgan fingerprint density at radius 3 is 2.50 bits per heavy atom. The lowest BCUT2D eigenvalue weighted by Crippen LogP contribution is -2.53. The van der Waals surface area contributed by atoms with E-state index < -0.39 is 12.0 Å². The van der Waals surface area contributed by atoms with Gasteiger partial charge < -0.3 is 10.2 Å². The molecule has 0 aromatic carbocycles. The molecule has 1 aromatic heterocycles. The fourth-order valence-electron chi connectivity index (χ4n) is 2.68. The third kappa shape index (κ3) is 2.31. The summed E-state index contributed by atoms with van der Waals surface area (Å²) in [5, 5.41) is 3.39. The summed E-state index contributed by atoms with van der Waals surface area (Å²) in [6.45, 7) is 3.10. The number of aromatic nitrogens is 2. The molecule has 1 atom stereocenters. The molecule has 2 bridgehead atoms. The first-order chi connectivity index (χ1) is 8.52. The van der Waals surface area contributed by atoms with Gasteiger partial charge in [0, 0.05) is 24.1 Å². The van der Waals surface area contributed by atoms with Gasteiger partial charge in [-0.2, -0.15) is 22.5 Å². The van der Waals surface area contributed by atoms with Gasteiger partial charge in [-0.25, -0.2) is 0 Å². The lowest BCUT2D eigenvalue weighted by Gasteiger charge is -2.44. The molecule has 0 saturated carbocycles. The number of fused-ring (bicyclic) bond motifs is 3. The Labute approximate surface area is 106 Å². The van der Waals surface area contributed by atoms with Gasteiger partial charge in [0.25, 0.3) is 0 Å². The van der Waals surface area contributed by atoms with Crippen LogP contribution in [0.3, 0.4) is 0 Å². The van der Waals surface area contributed by atoms with Crippen LogP contribution in [0.15, 0.2) is 0 Å². The van der Waals surface area contributed by atoms with Crippen LogP contribution in [0.2, 0.25) is 0 Å². The fourth-order valence-corrected chi connectivity index (χ4v) is 3.33. The molecule has 4 heterocycles. The van der Waals surface area contributed by atoms with E-state index in [9.17, 15) is 13.2 Å². The lowest BCUT2D eigenvalue weighted by molar-refractivity contribution is -0.144. The van der Waals surface area contributed by atoms with Gasteiger partial charge in [-0.05, 0) is 31.8 Å². The molecular formula is C10H13F3N4S. The van der Waals surface area contributed by atoms with Crippen LogP contribution < -0.4 is 5.32 Å². The second-order valence-electron chi connectivity index (χ2n) is 4.81. The van der Waals surface area contributed by atoms with Crippen LogP contribution in [0.1, 0.15) is 18.7 Å². The van der Waals surface area contributed by atoms with Crippen molar-refractivity contribution >= 4 is 16.7 Å². The van der Waals surface area contributed by atoms with E-state index in [-0.39, 0.29) is 11.2 Å². The molecule has 1 unspecified atom stereocenters. The van der Waals surface area contributed by atoms with Crippen molar-refractivity contribution in [2.45, 2.75) is 25.1 Å². The maximum absolute atomic E-state index is 12.4. The van der Waals surface area contributed by atoms with Crippen molar-refractivity contribution in [3.05, 3.63) is 5.82 Å². The van der Waals surface area contributed by atoms with Gasteiger partial charge in [0.1, 0.15) is 0 Å². The van der Waals surface area contributed by atoms with Crippen LogP contribution in [0.4, 0.5) is 18.3 Å². The van der Waals surface area contributed by atoms with E-state index >= 15 is 0 Å². The minimum atomic E-state index is -4.45. The average molecular weight is 278 g/mol. The van der Waals surface area contributed by atoms with E-state index in [2.05, 4.69) is 19.6 Å². The van der Waals surface area contributed by atoms with E-state index in [4.69, 9.17) is 0 Å². The normalized spacial score (nSPS) is 31.6. The van der Waals surface area contributed by atoms with E-state index in [1.165, 1.54) is 0 Å². The van der Waals surface area contributed by atoms with Crippen LogP contribution in [-0.2, 0) is 6.18 Å². The molecule has 3 aliphatic heterocycles. The van der Waals surface area contributed by atoms with Crippen molar-refractivity contribution in [3.63, 3.8) is 0 Å². The molecular weight excluding hydrogens is 265 g/mol. The zero-order valence-corrected chi connectivity index (χ0v) is 10.4. The Morgan fingerprint density at radius 2 is 2.00 bits per heavy atom. The third-order valence-corrected chi connectivity index (χ3v) is 4.29. The number of piperidine rings is 3. The first-order valence-corrected chi connectivity index (χ1v) is 6.69. The molecule has 8 heteroatoms. The number of rotatable bonds is 2. The Morgan fingerprint density at radius 1 is 1.28 bits per heavy atom. The van der Waals surface area contributed by atoms with Crippen LogP contribution in [0.5, 0.6) is 0 Å². The molecule has 1 N–H and O–H groups in total. The second kappa shape index (κ2) is 4.34. The average Bonchev–Trinajstić information content (AvgIpc) is 2.79. The van der Waals surface area contributed by atoms with Crippen molar-refractivity contribution in [2.24, 2.45) is 5.92 Å². The van der Waals surface area contributed by atoms with Crippen LogP contribution in [0, 0.1) is 5.92 Å². The molecule has 0 radical (unpaired) electrons. The maximum atomic E-state index is 12.4. The van der Waals surface area contributed by atoms with Crippen molar-refractivity contribution in [3.8, 4) is 0 Å². The number of anilines is 1. The predicted molar refractivity (Wildman–Crippen MR) is 61.5 cm³/mol. The predicted octanol–water partition coefficient (Wildman–Crippen LogP) is 2.06. The number of nitrogens with zero attached hydrogens (tertiary/aromatic N) is 3. The summed E-state index contributed by atoms with van der Waals surface area (Å²) in [6, 6.07) is 0.210. The summed E-state index contributed by atoms with van der Waals surface area (Å²) in [5.41, 5.74) is 0. The van der Waals surface area contributed by atoms with E-state index in [0.717, 1.165) is 44.0 Å². The number of hydrogen-bond acceptors (Lipinski definition) is 5. The van der Waals surface area contributed by atoms with E-state index in [0.29, 0.717) is 5.92 Å². The van der Waals surface area contributed by atoms with Gasteiger partial charge in [0.05, 0.1) is 0 Å². The summed E-state index contributed by atoms with van der Waals surface area (Å²) in [4.78, 5) is 5.85. The number of nitrogens with one attached hydrogen (secondary N) is 1. The number of alkyl halides is 3. The molecule has 4 nitrogen and oxygen atoms in total. The highest BCUT2D eigenvalue weighted by molar-refractivity contribution is 7.09. The van der Waals surface area contributed by atoms with Crippen LogP contribution in [0.25, 0.3) is 0 Å². The largest absolute Gasteiger partial charge is 0.452 e. The first kappa shape index (κ1) is 12.2. The summed E-state index contributed by atoms with van der Waals surface area (Å²) in [7, 11) is 0. The van der Waals surface area contributed by atoms with Crippen molar-refractivity contribution < 1.29 is 13.2 Å². The number of hydrogen-bond donors (Lipinski definition) is 1. The molecule has 4 rings (SSSR count). The molecule has 1 aromatic rings. The van der Waals surface area contributed by atoms with Crippen molar-refractivity contribution in [1.82, 2.24) is 14.3 Å². The van der Waals surface area contributed by atoms with Crippen molar-refractivity contribution in [1.29, 1.82) is 0 Å². The molecule has 0 spiro atoms. The van der Waals surface area contributed by atoms with Gasteiger partial charge >= 0.3 is 6.18 Å². The monoisotopic (exact) mass is 278 g/mol. The molecule has 18 heavy (non-hydrogen) atoms. The van der Waals surface area contributed by atoms with Crippen LogP contribution >= 0.6 is 11.5 Å². The van der Waals surface area contributed by atoms with E-state index in [1.54, 1.807) is 0 Å². The topological polar surface area (TPSA) is 41.1 Å². The zero-order valence-electron chi connectivity index (χ0n) is 9.57. The summed E-state index contributed by atoms with van der Waals surface area (Å²) >= 11 is 0.787. The summed E-state index contributed by atoms with van der Waals surface area (Å²) in [5.74, 6) is -0.496. The second-order valence-corrected chi connectivity index (χ2v) is 5.56. The SMILES string of the molecule is FC(F)(F)c1nsc(NC2CN3CCC2CC3)n1. The Balaban J connectivity index is 1.68. The summed E-state index contributed by atoms with van der Waals surface area (Å²) < 4.78 is 40.5. The highest BCUT2D eigenvalue weighted by Crippen LogP contribution is 2.32. The highest BCUT2D eigenvalue weighted by atomic mass is 32.1. The van der Waals surface area contributed by atoms with E-state index in [1.807, 2.05) is 0 Å². The van der Waals surface area contributed by atoms with Gasteiger partial charge in [-0.1, -0.05) is 0 Å².